The van der Waals surface area contributed by atoms with E-state index in [-0.39, 0.29) is 5.69 Å². The summed E-state index contributed by atoms with van der Waals surface area (Å²) in [4.78, 5) is 12.9. The van der Waals surface area contributed by atoms with Crippen LogP contribution in [-0.4, -0.2) is 36.1 Å². The van der Waals surface area contributed by atoms with Crippen LogP contribution in [-0.2, 0) is 0 Å². The van der Waals surface area contributed by atoms with Crippen molar-refractivity contribution in [3.63, 3.8) is 0 Å². The van der Waals surface area contributed by atoms with Crippen LogP contribution in [0.5, 0.6) is 11.5 Å². The Balaban J connectivity index is 2.32. The van der Waals surface area contributed by atoms with E-state index >= 15 is 0 Å². The maximum atomic E-state index is 11.2. The molecule has 0 unspecified atom stereocenters. The van der Waals surface area contributed by atoms with E-state index in [0.717, 1.165) is 19.5 Å². The van der Waals surface area contributed by atoms with Crippen molar-refractivity contribution in [1.29, 1.82) is 0 Å². The molecule has 0 fully saturated rings. The highest BCUT2D eigenvalue weighted by molar-refractivity contribution is 5.66. The summed E-state index contributed by atoms with van der Waals surface area (Å²) in [5.41, 5.74) is 0.557. The summed E-state index contributed by atoms with van der Waals surface area (Å²) >= 11 is 0. The van der Waals surface area contributed by atoms with E-state index in [9.17, 15) is 10.1 Å². The molecule has 0 radical (unpaired) electrons. The molecule has 0 aliphatic carbocycles. The fraction of sp³-hybridized carbons (Fsp3) is 0.467. The Bertz CT molecular complexity index is 543. The summed E-state index contributed by atoms with van der Waals surface area (Å²) in [6, 6.07) is 3.10. The van der Waals surface area contributed by atoms with Gasteiger partial charge in [-0.1, -0.05) is 6.92 Å². The quantitative estimate of drug-likeness (QED) is 0.595. The fourth-order valence-corrected chi connectivity index (χ4v) is 2.20. The van der Waals surface area contributed by atoms with Crippen molar-refractivity contribution in [2.24, 2.45) is 0 Å². The summed E-state index contributed by atoms with van der Waals surface area (Å²) < 4.78 is 10.9. The molecule has 1 aromatic carbocycles. The van der Waals surface area contributed by atoms with Crippen molar-refractivity contribution in [2.75, 3.05) is 26.3 Å². The second kappa shape index (κ2) is 6.97. The minimum absolute atomic E-state index is 0.0306. The van der Waals surface area contributed by atoms with Gasteiger partial charge < -0.3 is 14.4 Å². The highest BCUT2D eigenvalue weighted by Crippen LogP contribution is 2.37. The number of benzene rings is 1. The first-order chi connectivity index (χ1) is 10.2. The van der Waals surface area contributed by atoms with Crippen LogP contribution < -0.4 is 9.47 Å². The smallest absolute Gasteiger partial charge is 0.280 e. The molecule has 0 saturated carbocycles. The zero-order chi connectivity index (χ0) is 15.2. The first-order valence-electron chi connectivity index (χ1n) is 7.16. The molecule has 2 rings (SSSR count). The Morgan fingerprint density at radius 3 is 2.52 bits per heavy atom. The van der Waals surface area contributed by atoms with Gasteiger partial charge in [0.2, 0.25) is 0 Å². The van der Waals surface area contributed by atoms with Crippen LogP contribution in [0.1, 0.15) is 25.8 Å². The minimum atomic E-state index is -0.395. The van der Waals surface area contributed by atoms with Crippen LogP contribution >= 0.6 is 0 Å². The summed E-state index contributed by atoms with van der Waals surface area (Å²) in [5.74, 6) is 0.996. The van der Waals surface area contributed by atoms with Crippen molar-refractivity contribution in [3.8, 4) is 11.5 Å². The molecular formula is C15H20N2O4. The maximum absolute atomic E-state index is 11.2. The lowest BCUT2D eigenvalue weighted by atomic mass is 10.1. The molecule has 1 heterocycles. The predicted molar refractivity (Wildman–Crippen MR) is 80.7 cm³/mol. The molecule has 1 aliphatic rings. The Morgan fingerprint density at radius 1 is 1.29 bits per heavy atom. The zero-order valence-corrected chi connectivity index (χ0v) is 12.4. The van der Waals surface area contributed by atoms with Gasteiger partial charge in [0.15, 0.2) is 11.5 Å². The van der Waals surface area contributed by atoms with E-state index in [1.165, 1.54) is 6.07 Å². The number of rotatable bonds is 6. The first-order valence-corrected chi connectivity index (χ1v) is 7.16. The third-order valence-corrected chi connectivity index (χ3v) is 3.27. The lowest BCUT2D eigenvalue weighted by Gasteiger charge is -2.19. The van der Waals surface area contributed by atoms with Crippen LogP contribution in [0.25, 0.3) is 6.08 Å². The van der Waals surface area contributed by atoms with Gasteiger partial charge in [0.25, 0.3) is 5.69 Å². The molecule has 0 saturated heterocycles. The zero-order valence-electron chi connectivity index (χ0n) is 12.4. The third-order valence-electron chi connectivity index (χ3n) is 3.27. The highest BCUT2D eigenvalue weighted by Gasteiger charge is 2.20. The lowest BCUT2D eigenvalue weighted by molar-refractivity contribution is -0.385. The van der Waals surface area contributed by atoms with Gasteiger partial charge in [-0.2, -0.15) is 0 Å². The summed E-state index contributed by atoms with van der Waals surface area (Å²) in [7, 11) is 0. The van der Waals surface area contributed by atoms with E-state index < -0.39 is 4.92 Å². The van der Waals surface area contributed by atoms with Crippen molar-refractivity contribution < 1.29 is 14.4 Å². The van der Waals surface area contributed by atoms with Gasteiger partial charge in [-0.05, 0) is 31.7 Å². The van der Waals surface area contributed by atoms with Gasteiger partial charge in [0.1, 0.15) is 13.2 Å². The number of nitro benzene ring substituents is 1. The van der Waals surface area contributed by atoms with Gasteiger partial charge in [-0.3, -0.25) is 10.1 Å². The SMILES string of the molecule is CCCN(/C=C/c1cc2c(cc1[N+](=O)[O-])OCCO2)CC. The molecule has 0 atom stereocenters. The molecule has 6 heteroatoms. The van der Waals surface area contributed by atoms with Crippen molar-refractivity contribution in [3.05, 3.63) is 34.0 Å². The van der Waals surface area contributed by atoms with Crippen LogP contribution in [0.15, 0.2) is 18.3 Å². The highest BCUT2D eigenvalue weighted by atomic mass is 16.6. The average Bonchev–Trinajstić information content (AvgIpc) is 2.50. The van der Waals surface area contributed by atoms with E-state index in [1.807, 2.05) is 6.20 Å². The van der Waals surface area contributed by atoms with Crippen LogP contribution in [0.2, 0.25) is 0 Å². The monoisotopic (exact) mass is 292 g/mol. The molecule has 0 bridgehead atoms. The number of hydrogen-bond acceptors (Lipinski definition) is 5. The van der Waals surface area contributed by atoms with E-state index in [2.05, 4.69) is 18.7 Å². The summed E-state index contributed by atoms with van der Waals surface area (Å²) in [5, 5.41) is 11.2. The topological polar surface area (TPSA) is 64.8 Å². The molecule has 0 N–H and O–H groups in total. The van der Waals surface area contributed by atoms with Crippen molar-refractivity contribution in [1.82, 2.24) is 4.90 Å². The van der Waals surface area contributed by atoms with Gasteiger partial charge >= 0.3 is 0 Å². The molecule has 1 aliphatic heterocycles. The number of ether oxygens (including phenoxy) is 2. The minimum Gasteiger partial charge on any atom is -0.486 e. The third kappa shape index (κ3) is 3.65. The summed E-state index contributed by atoms with van der Waals surface area (Å²) in [6.45, 7) is 6.82. The molecule has 6 nitrogen and oxygen atoms in total. The second-order valence-corrected chi connectivity index (χ2v) is 4.76. The second-order valence-electron chi connectivity index (χ2n) is 4.76. The van der Waals surface area contributed by atoms with Gasteiger partial charge in [-0.15, -0.1) is 0 Å². The Kier molecular flexibility index (Phi) is 5.03. The van der Waals surface area contributed by atoms with Crippen LogP contribution in [0.4, 0.5) is 5.69 Å². The number of hydrogen-bond donors (Lipinski definition) is 0. The average molecular weight is 292 g/mol. The van der Waals surface area contributed by atoms with Gasteiger partial charge in [-0.25, -0.2) is 0 Å². The van der Waals surface area contributed by atoms with Gasteiger partial charge in [0.05, 0.1) is 16.6 Å². The largest absolute Gasteiger partial charge is 0.486 e. The first kappa shape index (κ1) is 15.2. The predicted octanol–water partition coefficient (Wildman–Crippen LogP) is 3.07. The fourth-order valence-electron chi connectivity index (χ4n) is 2.20. The van der Waals surface area contributed by atoms with Crippen LogP contribution in [0, 0.1) is 10.1 Å². The molecular weight excluding hydrogens is 272 g/mol. The molecule has 114 valence electrons. The van der Waals surface area contributed by atoms with E-state index in [0.29, 0.717) is 30.3 Å². The Hall–Kier alpha value is -2.24. The van der Waals surface area contributed by atoms with E-state index in [1.54, 1.807) is 12.1 Å². The van der Waals surface area contributed by atoms with Crippen molar-refractivity contribution >= 4 is 11.8 Å². The van der Waals surface area contributed by atoms with Gasteiger partial charge in [0, 0.05) is 13.1 Å². The van der Waals surface area contributed by atoms with Crippen LogP contribution in [0.3, 0.4) is 0 Å². The van der Waals surface area contributed by atoms with Crippen molar-refractivity contribution in [2.45, 2.75) is 20.3 Å². The molecule has 0 aromatic heterocycles. The normalized spacial score (nSPS) is 13.4. The summed E-state index contributed by atoms with van der Waals surface area (Å²) in [6.07, 6.45) is 4.68. The molecule has 0 amide bonds. The standard InChI is InChI=1S/C15H20N2O4/c1-3-6-16(4-2)7-5-12-10-14-15(21-9-8-20-14)11-13(12)17(18)19/h5,7,10-11H,3-4,6,8-9H2,1-2H3/b7-5+. The number of nitrogens with zero attached hydrogens (tertiary/aromatic N) is 2. The van der Waals surface area contributed by atoms with E-state index in [4.69, 9.17) is 9.47 Å². The maximum Gasteiger partial charge on any atom is 0.280 e. The number of fused-ring (bicyclic) bond motifs is 1. The molecule has 0 spiro atoms. The lowest BCUT2D eigenvalue weighted by Crippen LogP contribution is -2.17. The molecule has 21 heavy (non-hydrogen) atoms. The Labute approximate surface area is 124 Å². The Morgan fingerprint density at radius 2 is 1.95 bits per heavy atom. The molecule has 1 aromatic rings. The number of nitro groups is 1.